The van der Waals surface area contributed by atoms with Crippen molar-refractivity contribution < 1.29 is 33.3 Å². The summed E-state index contributed by atoms with van der Waals surface area (Å²) in [5.74, 6) is -0.587. The maximum absolute atomic E-state index is 12.7. The van der Waals surface area contributed by atoms with Crippen molar-refractivity contribution in [3.63, 3.8) is 0 Å². The van der Waals surface area contributed by atoms with Gasteiger partial charge < -0.3 is 18.9 Å². The van der Waals surface area contributed by atoms with Crippen LogP contribution in [0.5, 0.6) is 5.75 Å². The third kappa shape index (κ3) is 5.97. The van der Waals surface area contributed by atoms with Crippen LogP contribution in [0.4, 0.5) is 4.79 Å². The normalized spacial score (nSPS) is 11.2. The molecular weight excluding hydrogens is 378 g/mol. The van der Waals surface area contributed by atoms with Crippen molar-refractivity contribution in [3.8, 4) is 5.75 Å². The lowest BCUT2D eigenvalue weighted by atomic mass is 10.1. The Morgan fingerprint density at radius 3 is 2.28 bits per heavy atom. The Hall–Kier alpha value is -3.03. The third-order valence-corrected chi connectivity index (χ3v) is 3.75. The summed E-state index contributed by atoms with van der Waals surface area (Å²) in [5, 5.41) is 0.538. The minimum Gasteiger partial charge on any atom is -0.481 e. The van der Waals surface area contributed by atoms with Crippen molar-refractivity contribution in [2.24, 2.45) is 0 Å². The molecule has 29 heavy (non-hydrogen) atoms. The van der Waals surface area contributed by atoms with Gasteiger partial charge in [-0.1, -0.05) is 6.07 Å². The second-order valence-corrected chi connectivity index (χ2v) is 7.23. The van der Waals surface area contributed by atoms with Crippen LogP contribution in [0.1, 0.15) is 40.2 Å². The number of hydrogen-bond donors (Lipinski definition) is 0. The SMILES string of the molecule is CCOC(=O)COc1cccc2c1c(CC(=O)OCC)cn2C(=O)OC(C)(C)C. The van der Waals surface area contributed by atoms with E-state index in [2.05, 4.69) is 0 Å². The number of rotatable bonds is 7. The Labute approximate surface area is 169 Å². The zero-order valence-electron chi connectivity index (χ0n) is 17.4. The van der Waals surface area contributed by atoms with Crippen LogP contribution in [-0.4, -0.2) is 48.0 Å². The molecule has 0 atom stereocenters. The standard InChI is InChI=1S/C21H27NO7/c1-6-26-17(23)11-14-12-22(20(25)29-21(3,4)5)15-9-8-10-16(19(14)15)28-13-18(24)27-7-2/h8-10,12H,6-7,11,13H2,1-5H3. The molecule has 1 aromatic carbocycles. The molecule has 0 radical (unpaired) electrons. The largest absolute Gasteiger partial charge is 0.481 e. The van der Waals surface area contributed by atoms with Crippen LogP contribution < -0.4 is 4.74 Å². The summed E-state index contributed by atoms with van der Waals surface area (Å²) in [6, 6.07) is 5.07. The average Bonchev–Trinajstić information content (AvgIpc) is 2.98. The van der Waals surface area contributed by atoms with Gasteiger partial charge in [0.05, 0.1) is 25.2 Å². The van der Waals surface area contributed by atoms with E-state index in [9.17, 15) is 14.4 Å². The summed E-state index contributed by atoms with van der Waals surface area (Å²) in [6.07, 6.45) is 0.896. The maximum atomic E-state index is 12.7. The van der Waals surface area contributed by atoms with E-state index < -0.39 is 23.6 Å². The molecular formula is C21H27NO7. The summed E-state index contributed by atoms with van der Waals surface area (Å²) in [4.78, 5) is 36.4. The van der Waals surface area contributed by atoms with Crippen LogP contribution in [0.15, 0.2) is 24.4 Å². The van der Waals surface area contributed by atoms with E-state index in [1.165, 1.54) is 10.8 Å². The first kappa shape index (κ1) is 22.3. The summed E-state index contributed by atoms with van der Waals surface area (Å²) in [7, 11) is 0. The van der Waals surface area contributed by atoms with Crippen molar-refractivity contribution >= 4 is 28.9 Å². The van der Waals surface area contributed by atoms with Gasteiger partial charge in [-0.3, -0.25) is 9.36 Å². The number of carbonyl (C=O) groups is 3. The van der Waals surface area contributed by atoms with Crippen molar-refractivity contribution in [3.05, 3.63) is 30.0 Å². The molecule has 0 N–H and O–H groups in total. The van der Waals surface area contributed by atoms with Gasteiger partial charge >= 0.3 is 18.0 Å². The van der Waals surface area contributed by atoms with Crippen LogP contribution in [-0.2, 0) is 30.2 Å². The molecule has 0 aliphatic heterocycles. The van der Waals surface area contributed by atoms with Gasteiger partial charge in [0.25, 0.3) is 0 Å². The van der Waals surface area contributed by atoms with Crippen molar-refractivity contribution in [1.29, 1.82) is 0 Å². The van der Waals surface area contributed by atoms with Gasteiger partial charge in [-0.05, 0) is 52.3 Å². The molecule has 1 aromatic heterocycles. The van der Waals surface area contributed by atoms with E-state index in [0.717, 1.165) is 0 Å². The smallest absolute Gasteiger partial charge is 0.419 e. The molecule has 0 saturated carbocycles. The minimum absolute atomic E-state index is 0.0556. The summed E-state index contributed by atoms with van der Waals surface area (Å²) >= 11 is 0. The number of ether oxygens (including phenoxy) is 4. The van der Waals surface area contributed by atoms with Gasteiger partial charge in [0.2, 0.25) is 0 Å². The minimum atomic E-state index is -0.687. The van der Waals surface area contributed by atoms with E-state index in [4.69, 9.17) is 18.9 Å². The Morgan fingerprint density at radius 2 is 1.66 bits per heavy atom. The zero-order valence-corrected chi connectivity index (χ0v) is 17.4. The van der Waals surface area contributed by atoms with E-state index in [-0.39, 0.29) is 26.2 Å². The lowest BCUT2D eigenvalue weighted by Gasteiger charge is -2.19. The van der Waals surface area contributed by atoms with Crippen molar-refractivity contribution in [2.75, 3.05) is 19.8 Å². The number of hydrogen-bond acceptors (Lipinski definition) is 7. The highest BCUT2D eigenvalue weighted by atomic mass is 16.6. The van der Waals surface area contributed by atoms with E-state index >= 15 is 0 Å². The van der Waals surface area contributed by atoms with E-state index in [1.54, 1.807) is 52.8 Å². The fraction of sp³-hybridized carbons (Fsp3) is 0.476. The fourth-order valence-corrected chi connectivity index (χ4v) is 2.76. The molecule has 2 aromatic rings. The molecule has 0 unspecified atom stereocenters. The van der Waals surface area contributed by atoms with Gasteiger partial charge in [-0.15, -0.1) is 0 Å². The second kappa shape index (κ2) is 9.45. The third-order valence-electron chi connectivity index (χ3n) is 3.75. The molecule has 0 saturated heterocycles. The Kier molecular flexibility index (Phi) is 7.25. The molecule has 0 aliphatic rings. The molecule has 158 valence electrons. The number of aromatic nitrogens is 1. The molecule has 0 amide bonds. The van der Waals surface area contributed by atoms with Gasteiger partial charge in [0.1, 0.15) is 11.4 Å². The number of esters is 2. The predicted octanol–water partition coefficient (Wildman–Crippen LogP) is 3.47. The highest BCUT2D eigenvalue weighted by molar-refractivity contribution is 5.97. The van der Waals surface area contributed by atoms with Crippen LogP contribution in [0.3, 0.4) is 0 Å². The van der Waals surface area contributed by atoms with Crippen LogP contribution in [0, 0.1) is 0 Å². The maximum Gasteiger partial charge on any atom is 0.419 e. The van der Waals surface area contributed by atoms with E-state index in [0.29, 0.717) is 22.2 Å². The summed E-state index contributed by atoms with van der Waals surface area (Å²) in [5.41, 5.74) is 0.344. The predicted molar refractivity (Wildman–Crippen MR) is 106 cm³/mol. The van der Waals surface area contributed by atoms with Crippen molar-refractivity contribution in [2.45, 2.75) is 46.6 Å². The fourth-order valence-electron chi connectivity index (χ4n) is 2.76. The highest BCUT2D eigenvalue weighted by Gasteiger charge is 2.23. The molecule has 1 heterocycles. The summed E-state index contributed by atoms with van der Waals surface area (Å²) in [6.45, 7) is 8.93. The second-order valence-electron chi connectivity index (χ2n) is 7.23. The average molecular weight is 405 g/mol. The number of carbonyl (C=O) groups excluding carboxylic acids is 3. The molecule has 2 rings (SSSR count). The first-order valence-corrected chi connectivity index (χ1v) is 9.46. The monoisotopic (exact) mass is 405 g/mol. The Bertz CT molecular complexity index is 892. The molecule has 0 aliphatic carbocycles. The number of benzene rings is 1. The van der Waals surface area contributed by atoms with E-state index in [1.807, 2.05) is 0 Å². The summed E-state index contributed by atoms with van der Waals surface area (Å²) < 4.78 is 22.3. The van der Waals surface area contributed by atoms with Gasteiger partial charge in [0.15, 0.2) is 6.61 Å². The quantitative estimate of drug-likeness (QED) is 0.514. The first-order chi connectivity index (χ1) is 13.7. The molecule has 0 fully saturated rings. The Morgan fingerprint density at radius 1 is 1.00 bits per heavy atom. The molecule has 8 nitrogen and oxygen atoms in total. The molecule has 8 heteroatoms. The first-order valence-electron chi connectivity index (χ1n) is 9.46. The highest BCUT2D eigenvalue weighted by Crippen LogP contribution is 2.32. The van der Waals surface area contributed by atoms with Gasteiger partial charge in [0, 0.05) is 11.6 Å². The van der Waals surface area contributed by atoms with Crippen LogP contribution >= 0.6 is 0 Å². The molecule has 0 spiro atoms. The van der Waals surface area contributed by atoms with Crippen LogP contribution in [0.25, 0.3) is 10.9 Å². The molecule has 0 bridgehead atoms. The Balaban J connectivity index is 2.48. The lowest BCUT2D eigenvalue weighted by molar-refractivity contribution is -0.145. The number of fused-ring (bicyclic) bond motifs is 1. The van der Waals surface area contributed by atoms with Crippen LogP contribution in [0.2, 0.25) is 0 Å². The lowest BCUT2D eigenvalue weighted by Crippen LogP contribution is -2.26. The van der Waals surface area contributed by atoms with Gasteiger partial charge in [-0.2, -0.15) is 0 Å². The van der Waals surface area contributed by atoms with Gasteiger partial charge in [-0.25, -0.2) is 9.59 Å². The number of nitrogens with zero attached hydrogens (tertiary/aromatic N) is 1. The topological polar surface area (TPSA) is 93.1 Å². The van der Waals surface area contributed by atoms with Crippen molar-refractivity contribution in [1.82, 2.24) is 4.57 Å². The zero-order chi connectivity index (χ0) is 21.6.